The first-order valence-electron chi connectivity index (χ1n) is 3.74. The minimum atomic E-state index is -0.894. The van der Waals surface area contributed by atoms with Gasteiger partial charge in [-0.05, 0) is 37.1 Å². The molecule has 13 heavy (non-hydrogen) atoms. The van der Waals surface area contributed by atoms with Crippen LogP contribution in [-0.2, 0) is 0 Å². The molecule has 4 heteroatoms. The van der Waals surface area contributed by atoms with Gasteiger partial charge in [-0.25, -0.2) is 9.18 Å². The van der Waals surface area contributed by atoms with Crippen molar-refractivity contribution in [3.05, 3.63) is 29.1 Å². The molecule has 1 rings (SSSR count). The molecule has 1 amide bonds. The fourth-order valence-corrected chi connectivity index (χ4v) is 0.973. The lowest BCUT2D eigenvalue weighted by Crippen LogP contribution is -2.17. The number of rotatable bonds is 1. The summed E-state index contributed by atoms with van der Waals surface area (Å²) >= 11 is 0. The minimum absolute atomic E-state index is 0.298. The lowest BCUT2D eigenvalue weighted by molar-refractivity contribution is 0.210. The molecule has 0 fully saturated rings. The first kappa shape index (κ1) is 9.51. The van der Waals surface area contributed by atoms with Crippen LogP contribution in [0.2, 0.25) is 0 Å². The molecule has 0 bridgehead atoms. The van der Waals surface area contributed by atoms with Crippen LogP contribution in [0.25, 0.3) is 0 Å². The van der Waals surface area contributed by atoms with Crippen molar-refractivity contribution in [2.75, 3.05) is 0 Å². The SMILES string of the molecule is Cc1cc(OC(N)=O)c(C)cc1F. The van der Waals surface area contributed by atoms with Crippen molar-refractivity contribution in [2.45, 2.75) is 13.8 Å². The lowest BCUT2D eigenvalue weighted by atomic mass is 10.1. The topological polar surface area (TPSA) is 52.3 Å². The number of aryl methyl sites for hydroxylation is 2. The van der Waals surface area contributed by atoms with Crippen LogP contribution in [0.15, 0.2) is 12.1 Å². The molecule has 0 aliphatic heterocycles. The van der Waals surface area contributed by atoms with Gasteiger partial charge in [-0.3, -0.25) is 0 Å². The van der Waals surface area contributed by atoms with Gasteiger partial charge in [0.15, 0.2) is 0 Å². The summed E-state index contributed by atoms with van der Waals surface area (Å²) in [4.78, 5) is 10.4. The van der Waals surface area contributed by atoms with Gasteiger partial charge in [0, 0.05) is 0 Å². The van der Waals surface area contributed by atoms with Crippen LogP contribution in [0.5, 0.6) is 5.75 Å². The first-order chi connectivity index (χ1) is 6.00. The van der Waals surface area contributed by atoms with Crippen molar-refractivity contribution < 1.29 is 13.9 Å². The van der Waals surface area contributed by atoms with Gasteiger partial charge in [0.25, 0.3) is 0 Å². The third-order valence-electron chi connectivity index (χ3n) is 1.67. The number of hydrogen-bond acceptors (Lipinski definition) is 2. The molecule has 0 heterocycles. The third kappa shape index (κ3) is 2.18. The number of carbonyl (C=O) groups is 1. The molecule has 0 spiro atoms. The van der Waals surface area contributed by atoms with Gasteiger partial charge in [0.05, 0.1) is 0 Å². The van der Waals surface area contributed by atoms with Crippen LogP contribution < -0.4 is 10.5 Å². The fraction of sp³-hybridized carbons (Fsp3) is 0.222. The molecule has 0 radical (unpaired) electrons. The van der Waals surface area contributed by atoms with E-state index in [0.717, 1.165) is 0 Å². The average molecular weight is 183 g/mol. The smallest absolute Gasteiger partial charge is 0.409 e. The quantitative estimate of drug-likeness (QED) is 0.722. The fourth-order valence-electron chi connectivity index (χ4n) is 0.973. The normalized spacial score (nSPS) is 9.77. The maximum atomic E-state index is 12.9. The molecule has 0 unspecified atom stereocenters. The molecular weight excluding hydrogens is 173 g/mol. The highest BCUT2D eigenvalue weighted by molar-refractivity contribution is 5.68. The molecule has 0 aliphatic carbocycles. The van der Waals surface area contributed by atoms with Crippen LogP contribution in [0.1, 0.15) is 11.1 Å². The van der Waals surface area contributed by atoms with Crippen LogP contribution >= 0.6 is 0 Å². The highest BCUT2D eigenvalue weighted by Crippen LogP contribution is 2.21. The van der Waals surface area contributed by atoms with E-state index in [1.165, 1.54) is 12.1 Å². The van der Waals surface area contributed by atoms with Crippen LogP contribution in [0.3, 0.4) is 0 Å². The van der Waals surface area contributed by atoms with Crippen molar-refractivity contribution in [1.29, 1.82) is 0 Å². The maximum absolute atomic E-state index is 12.9. The molecule has 0 saturated carbocycles. The molecule has 0 saturated heterocycles. The van der Waals surface area contributed by atoms with Crippen molar-refractivity contribution in [1.82, 2.24) is 0 Å². The number of hydrogen-bond donors (Lipinski definition) is 1. The van der Waals surface area contributed by atoms with Crippen LogP contribution in [0.4, 0.5) is 9.18 Å². The van der Waals surface area contributed by atoms with Gasteiger partial charge < -0.3 is 10.5 Å². The molecule has 0 atom stereocenters. The van der Waals surface area contributed by atoms with Crippen molar-refractivity contribution >= 4 is 6.09 Å². The molecule has 2 N–H and O–H groups in total. The molecule has 70 valence electrons. The van der Waals surface area contributed by atoms with E-state index in [9.17, 15) is 9.18 Å². The summed E-state index contributed by atoms with van der Waals surface area (Å²) in [6, 6.07) is 2.74. The third-order valence-corrected chi connectivity index (χ3v) is 1.67. The Morgan fingerprint density at radius 3 is 2.54 bits per heavy atom. The van der Waals surface area contributed by atoms with E-state index in [1.807, 2.05) is 0 Å². The predicted octanol–water partition coefficient (Wildman–Crippen LogP) is 1.90. The van der Waals surface area contributed by atoms with Crippen LogP contribution in [-0.4, -0.2) is 6.09 Å². The summed E-state index contributed by atoms with van der Waals surface area (Å²) in [6.45, 7) is 3.23. The van der Waals surface area contributed by atoms with E-state index in [1.54, 1.807) is 13.8 Å². The van der Waals surface area contributed by atoms with E-state index in [4.69, 9.17) is 5.73 Å². The van der Waals surface area contributed by atoms with E-state index in [2.05, 4.69) is 4.74 Å². The zero-order chi connectivity index (χ0) is 10.0. The Balaban J connectivity index is 3.08. The van der Waals surface area contributed by atoms with Crippen LogP contribution in [0, 0.1) is 19.7 Å². The number of nitrogens with two attached hydrogens (primary N) is 1. The van der Waals surface area contributed by atoms with Gasteiger partial charge >= 0.3 is 6.09 Å². The summed E-state index contributed by atoms with van der Waals surface area (Å²) in [6.07, 6.45) is -0.894. The van der Waals surface area contributed by atoms with Crippen molar-refractivity contribution in [3.8, 4) is 5.75 Å². The average Bonchev–Trinajstić information content (AvgIpc) is 1.99. The van der Waals surface area contributed by atoms with E-state index < -0.39 is 6.09 Å². The Morgan fingerprint density at radius 1 is 1.38 bits per heavy atom. The van der Waals surface area contributed by atoms with Gasteiger partial charge in [-0.15, -0.1) is 0 Å². The molecule has 0 aliphatic rings. The standard InChI is InChI=1S/C9H10FNO2/c1-5-4-8(13-9(11)12)6(2)3-7(5)10/h3-4H,1-2H3,(H2,11,12). The lowest BCUT2D eigenvalue weighted by Gasteiger charge is -2.06. The number of primary amides is 1. The largest absolute Gasteiger partial charge is 0.410 e. The van der Waals surface area contributed by atoms with Gasteiger partial charge in [0.1, 0.15) is 11.6 Å². The van der Waals surface area contributed by atoms with Crippen molar-refractivity contribution in [3.63, 3.8) is 0 Å². The van der Waals surface area contributed by atoms with E-state index in [-0.39, 0.29) is 5.82 Å². The zero-order valence-electron chi connectivity index (χ0n) is 7.43. The molecule has 1 aromatic carbocycles. The Hall–Kier alpha value is -1.58. The molecule has 3 nitrogen and oxygen atoms in total. The molecular formula is C9H10FNO2. The summed E-state index contributed by atoms with van der Waals surface area (Å²) in [5.41, 5.74) is 5.79. The minimum Gasteiger partial charge on any atom is -0.410 e. The number of carbonyl (C=O) groups excluding carboxylic acids is 1. The number of amides is 1. The molecule has 1 aromatic rings. The predicted molar refractivity (Wildman–Crippen MR) is 46.1 cm³/mol. The van der Waals surface area contributed by atoms with Gasteiger partial charge in [-0.1, -0.05) is 0 Å². The van der Waals surface area contributed by atoms with Gasteiger partial charge in [0.2, 0.25) is 0 Å². The summed E-state index contributed by atoms with van der Waals surface area (Å²) in [5, 5.41) is 0. The van der Waals surface area contributed by atoms with E-state index >= 15 is 0 Å². The Labute approximate surface area is 75.3 Å². The van der Waals surface area contributed by atoms with Crippen molar-refractivity contribution in [2.24, 2.45) is 5.73 Å². The maximum Gasteiger partial charge on any atom is 0.409 e. The second-order valence-corrected chi connectivity index (χ2v) is 2.79. The Kier molecular flexibility index (Phi) is 2.51. The Morgan fingerprint density at radius 2 is 2.00 bits per heavy atom. The first-order valence-corrected chi connectivity index (χ1v) is 3.74. The number of halogens is 1. The summed E-state index contributed by atoms with van der Waals surface area (Å²) in [7, 11) is 0. The highest BCUT2D eigenvalue weighted by atomic mass is 19.1. The number of ether oxygens (including phenoxy) is 1. The highest BCUT2D eigenvalue weighted by Gasteiger charge is 2.06. The zero-order valence-corrected chi connectivity index (χ0v) is 7.43. The summed E-state index contributed by atoms with van der Waals surface area (Å²) < 4.78 is 17.6. The Bertz CT molecular complexity index is 350. The van der Waals surface area contributed by atoms with E-state index in [0.29, 0.717) is 16.9 Å². The second-order valence-electron chi connectivity index (χ2n) is 2.79. The monoisotopic (exact) mass is 183 g/mol. The molecule has 0 aromatic heterocycles. The summed E-state index contributed by atoms with van der Waals surface area (Å²) in [5.74, 6) is -0.0271. The van der Waals surface area contributed by atoms with Gasteiger partial charge in [-0.2, -0.15) is 0 Å². The second kappa shape index (κ2) is 3.43. The number of benzene rings is 1.